The number of rotatable bonds is 4. The van der Waals surface area contributed by atoms with E-state index in [1.54, 1.807) is 41.3 Å². The molecule has 0 fully saturated rings. The lowest BCUT2D eigenvalue weighted by Crippen LogP contribution is -2.32. The highest BCUT2D eigenvalue weighted by molar-refractivity contribution is 7.90. The van der Waals surface area contributed by atoms with Gasteiger partial charge in [-0.15, -0.1) is 4.40 Å². The van der Waals surface area contributed by atoms with Gasteiger partial charge in [0, 0.05) is 16.9 Å². The van der Waals surface area contributed by atoms with E-state index in [0.717, 1.165) is 24.3 Å². The highest BCUT2D eigenvalue weighted by Gasteiger charge is 2.34. The summed E-state index contributed by atoms with van der Waals surface area (Å²) in [6.07, 6.45) is -3.12. The van der Waals surface area contributed by atoms with Crippen LogP contribution in [0.3, 0.4) is 0 Å². The van der Waals surface area contributed by atoms with Gasteiger partial charge in [0.15, 0.2) is 11.6 Å². The molecule has 182 valence electrons. The first kappa shape index (κ1) is 23.4. The van der Waals surface area contributed by atoms with Gasteiger partial charge in [-0.25, -0.2) is 0 Å². The standard InChI is InChI=1S/C25H16F3N3O4S/c26-25(27,28)17-10-8-16(9-11-17)24(32)29-18-12-13-20-22(15-18)36(33,34)30-23(21-7-4-14-35-21)31(20)19-5-2-1-3-6-19/h1-15H,(H,29,32). The van der Waals surface area contributed by atoms with E-state index in [9.17, 15) is 26.4 Å². The van der Waals surface area contributed by atoms with Crippen LogP contribution in [-0.2, 0) is 16.2 Å². The maximum Gasteiger partial charge on any atom is 0.416 e. The van der Waals surface area contributed by atoms with Gasteiger partial charge in [-0.2, -0.15) is 21.6 Å². The number of para-hydroxylation sites is 1. The third-order valence-corrected chi connectivity index (χ3v) is 6.68. The van der Waals surface area contributed by atoms with Crippen LogP contribution < -0.4 is 10.2 Å². The van der Waals surface area contributed by atoms with Crippen LogP contribution in [0.15, 0.2) is 105 Å². The largest absolute Gasteiger partial charge is 0.461 e. The topological polar surface area (TPSA) is 92.0 Å². The van der Waals surface area contributed by atoms with Crippen LogP contribution in [-0.4, -0.2) is 20.2 Å². The first-order valence-corrected chi connectivity index (χ1v) is 11.9. The van der Waals surface area contributed by atoms with Crippen molar-refractivity contribution in [3.63, 3.8) is 0 Å². The minimum absolute atomic E-state index is 0.0207. The van der Waals surface area contributed by atoms with Gasteiger partial charge in [-0.1, -0.05) is 18.2 Å². The molecule has 0 atom stereocenters. The van der Waals surface area contributed by atoms with Crippen LogP contribution in [0.1, 0.15) is 21.7 Å². The Bertz CT molecular complexity index is 1570. The van der Waals surface area contributed by atoms with Crippen LogP contribution in [0.4, 0.5) is 30.2 Å². The second-order valence-corrected chi connectivity index (χ2v) is 9.32. The molecule has 7 nitrogen and oxygen atoms in total. The van der Waals surface area contributed by atoms with Gasteiger partial charge in [0.05, 0.1) is 17.5 Å². The zero-order valence-electron chi connectivity index (χ0n) is 18.2. The Morgan fingerprint density at radius 2 is 1.64 bits per heavy atom. The number of furan rings is 1. The lowest BCUT2D eigenvalue weighted by Gasteiger charge is -2.30. The summed E-state index contributed by atoms with van der Waals surface area (Å²) < 4.78 is 74.0. The summed E-state index contributed by atoms with van der Waals surface area (Å²) in [4.78, 5) is 14.1. The van der Waals surface area contributed by atoms with Gasteiger partial charge >= 0.3 is 6.18 Å². The molecular weight excluding hydrogens is 495 g/mol. The number of carbonyl (C=O) groups is 1. The van der Waals surface area contributed by atoms with Gasteiger partial charge in [-0.05, 0) is 66.7 Å². The number of anilines is 3. The molecule has 3 aromatic carbocycles. The van der Waals surface area contributed by atoms with E-state index in [1.165, 1.54) is 24.5 Å². The van der Waals surface area contributed by atoms with Gasteiger partial charge in [0.1, 0.15) is 4.90 Å². The van der Waals surface area contributed by atoms with E-state index in [-0.39, 0.29) is 33.4 Å². The Morgan fingerprint density at radius 1 is 0.917 bits per heavy atom. The summed E-state index contributed by atoms with van der Waals surface area (Å²) in [5, 5.41) is 2.53. The van der Waals surface area contributed by atoms with Crippen molar-refractivity contribution in [3.05, 3.63) is 108 Å². The van der Waals surface area contributed by atoms with Crippen molar-refractivity contribution in [2.24, 2.45) is 4.40 Å². The number of hydrogen-bond donors (Lipinski definition) is 1. The number of amides is 1. The molecule has 1 N–H and O–H groups in total. The first-order chi connectivity index (χ1) is 17.1. The Labute approximate surface area is 203 Å². The number of alkyl halides is 3. The number of carbonyl (C=O) groups excluding carboxylic acids is 1. The van der Waals surface area contributed by atoms with Crippen LogP contribution in [0.2, 0.25) is 0 Å². The van der Waals surface area contributed by atoms with Crippen LogP contribution in [0.5, 0.6) is 0 Å². The van der Waals surface area contributed by atoms with Crippen molar-refractivity contribution in [1.82, 2.24) is 0 Å². The summed E-state index contributed by atoms with van der Waals surface area (Å²) in [7, 11) is -4.19. The Kier molecular flexibility index (Phi) is 5.64. The number of halogens is 3. The Balaban J connectivity index is 1.52. The van der Waals surface area contributed by atoms with Gasteiger partial charge in [-0.3, -0.25) is 9.69 Å². The summed E-state index contributed by atoms with van der Waals surface area (Å²) in [6, 6.07) is 20.1. The predicted octanol–water partition coefficient (Wildman–Crippen LogP) is 5.84. The van der Waals surface area contributed by atoms with Gasteiger partial charge < -0.3 is 9.73 Å². The van der Waals surface area contributed by atoms with Crippen molar-refractivity contribution in [3.8, 4) is 0 Å². The summed E-state index contributed by atoms with van der Waals surface area (Å²) in [5.74, 6) is -0.385. The van der Waals surface area contributed by atoms with Crippen molar-refractivity contribution in [2.75, 3.05) is 10.2 Å². The Morgan fingerprint density at radius 3 is 2.28 bits per heavy atom. The molecule has 0 radical (unpaired) electrons. The van der Waals surface area contributed by atoms with Crippen molar-refractivity contribution in [1.29, 1.82) is 0 Å². The third-order valence-electron chi connectivity index (χ3n) is 5.39. The van der Waals surface area contributed by atoms with Crippen molar-refractivity contribution < 1.29 is 30.8 Å². The van der Waals surface area contributed by atoms with E-state index in [4.69, 9.17) is 4.42 Å². The molecule has 36 heavy (non-hydrogen) atoms. The molecule has 0 bridgehead atoms. The number of nitrogens with zero attached hydrogens (tertiary/aromatic N) is 2. The number of hydrogen-bond acceptors (Lipinski definition) is 5. The maximum atomic E-state index is 13.1. The summed E-state index contributed by atoms with van der Waals surface area (Å²) in [5.41, 5.74) is 0.144. The monoisotopic (exact) mass is 511 g/mol. The lowest BCUT2D eigenvalue weighted by molar-refractivity contribution is -0.137. The normalized spacial score (nSPS) is 14.6. The molecule has 0 spiro atoms. The van der Waals surface area contributed by atoms with E-state index in [0.29, 0.717) is 5.69 Å². The van der Waals surface area contributed by atoms with Gasteiger partial charge in [0.25, 0.3) is 15.9 Å². The minimum Gasteiger partial charge on any atom is -0.461 e. The number of amidine groups is 1. The average Bonchev–Trinajstić information content (AvgIpc) is 3.39. The van der Waals surface area contributed by atoms with Crippen molar-refractivity contribution >= 4 is 38.8 Å². The molecule has 1 aliphatic heterocycles. The Hall–Kier alpha value is -4.38. The fourth-order valence-corrected chi connectivity index (χ4v) is 4.91. The average molecular weight is 511 g/mol. The number of fused-ring (bicyclic) bond motifs is 1. The van der Waals surface area contributed by atoms with Gasteiger partial charge in [0.2, 0.25) is 0 Å². The summed E-state index contributed by atoms with van der Waals surface area (Å²) >= 11 is 0. The minimum atomic E-state index is -4.53. The molecule has 4 aromatic rings. The molecule has 11 heteroatoms. The third kappa shape index (κ3) is 4.36. The zero-order valence-corrected chi connectivity index (χ0v) is 19.0. The highest BCUT2D eigenvalue weighted by Crippen LogP contribution is 2.39. The van der Waals surface area contributed by atoms with E-state index in [2.05, 4.69) is 9.71 Å². The quantitative estimate of drug-likeness (QED) is 0.372. The molecular formula is C25H16F3N3O4S. The summed E-state index contributed by atoms with van der Waals surface area (Å²) in [6.45, 7) is 0. The van der Waals surface area contributed by atoms with E-state index >= 15 is 0 Å². The van der Waals surface area contributed by atoms with Crippen LogP contribution in [0, 0.1) is 0 Å². The predicted molar refractivity (Wildman–Crippen MR) is 127 cm³/mol. The number of benzene rings is 3. The molecule has 1 amide bonds. The van der Waals surface area contributed by atoms with Crippen molar-refractivity contribution in [2.45, 2.75) is 11.1 Å². The molecule has 0 unspecified atom stereocenters. The number of sulfonamides is 1. The molecule has 2 heterocycles. The van der Waals surface area contributed by atoms with Crippen LogP contribution in [0.25, 0.3) is 0 Å². The smallest absolute Gasteiger partial charge is 0.416 e. The number of nitrogens with one attached hydrogen (secondary N) is 1. The lowest BCUT2D eigenvalue weighted by atomic mass is 10.1. The molecule has 0 saturated carbocycles. The zero-order chi connectivity index (χ0) is 25.5. The molecule has 1 aliphatic rings. The molecule has 0 saturated heterocycles. The SMILES string of the molecule is O=C(Nc1ccc2c(c1)S(=O)(=O)N=C(c1ccco1)N2c1ccccc1)c1ccc(C(F)(F)F)cc1. The highest BCUT2D eigenvalue weighted by atomic mass is 32.2. The van der Waals surface area contributed by atoms with E-state index < -0.39 is 27.7 Å². The second kappa shape index (κ2) is 8.68. The van der Waals surface area contributed by atoms with E-state index in [1.807, 2.05) is 6.07 Å². The second-order valence-electron chi connectivity index (χ2n) is 7.75. The molecule has 1 aromatic heterocycles. The fourth-order valence-electron chi connectivity index (χ4n) is 3.71. The molecule has 5 rings (SSSR count). The first-order valence-electron chi connectivity index (χ1n) is 10.5. The molecule has 0 aliphatic carbocycles. The van der Waals surface area contributed by atoms with Crippen LogP contribution >= 0.6 is 0 Å². The maximum absolute atomic E-state index is 13.1. The fraction of sp³-hybridized carbons (Fsp3) is 0.0400.